The minimum absolute atomic E-state index is 0.354. The van der Waals surface area contributed by atoms with Gasteiger partial charge in [0.2, 0.25) is 0 Å². The van der Waals surface area contributed by atoms with E-state index in [0.717, 1.165) is 12.1 Å². The van der Waals surface area contributed by atoms with E-state index in [0.29, 0.717) is 0 Å². The molecule has 0 atom stereocenters. The molecule has 0 fully saturated rings. The van der Waals surface area contributed by atoms with Crippen molar-refractivity contribution in [1.82, 2.24) is 0 Å². The number of hydrogen-bond donors (Lipinski definition) is 0. The molecule has 5 heteroatoms. The van der Waals surface area contributed by atoms with Gasteiger partial charge in [-0.1, -0.05) is 6.07 Å². The van der Waals surface area contributed by atoms with Gasteiger partial charge in [-0.25, -0.2) is 8.78 Å². The molecule has 0 bridgehead atoms. The van der Waals surface area contributed by atoms with Gasteiger partial charge < -0.3 is 4.74 Å². The lowest BCUT2D eigenvalue weighted by Crippen LogP contribution is -2.16. The highest BCUT2D eigenvalue weighted by atomic mass is 19.2. The number of hydrogen-bond acceptors (Lipinski definition) is 3. The Balaban J connectivity index is 2.77. The topological polar surface area (TPSA) is 43.4 Å². The van der Waals surface area contributed by atoms with Gasteiger partial charge in [-0.3, -0.25) is 9.59 Å². The summed E-state index contributed by atoms with van der Waals surface area (Å²) in [4.78, 5) is 22.7. The number of esters is 1. The fourth-order valence-corrected chi connectivity index (χ4v) is 1.25. The van der Waals surface area contributed by atoms with E-state index in [1.807, 2.05) is 0 Å². The van der Waals surface area contributed by atoms with Crippen molar-refractivity contribution >= 4 is 11.8 Å². The summed E-state index contributed by atoms with van der Waals surface area (Å²) in [5.74, 6) is -3.91. The first-order chi connectivity index (χ1) is 7.91. The van der Waals surface area contributed by atoms with Crippen LogP contribution in [0.3, 0.4) is 0 Å². The van der Waals surface area contributed by atoms with Gasteiger partial charge in [-0.2, -0.15) is 0 Å². The summed E-state index contributed by atoms with van der Waals surface area (Å²) >= 11 is 0. The minimum atomic E-state index is -1.24. The van der Waals surface area contributed by atoms with Gasteiger partial charge in [0.15, 0.2) is 17.4 Å². The Morgan fingerprint density at radius 3 is 2.53 bits per heavy atom. The second-order valence-electron chi connectivity index (χ2n) is 3.74. The Morgan fingerprint density at radius 2 is 1.94 bits per heavy atom. The molecule has 92 valence electrons. The van der Waals surface area contributed by atoms with E-state index in [4.69, 9.17) is 4.74 Å². The summed E-state index contributed by atoms with van der Waals surface area (Å²) in [6, 6.07) is 3.24. The molecule has 0 N–H and O–H groups in total. The molecule has 1 rings (SSSR count). The van der Waals surface area contributed by atoms with Crippen LogP contribution >= 0.6 is 0 Å². The van der Waals surface area contributed by atoms with Crippen molar-refractivity contribution in [2.75, 3.05) is 0 Å². The molecule has 0 aliphatic heterocycles. The summed E-state index contributed by atoms with van der Waals surface area (Å²) in [6.07, 6.45) is -0.953. The molecule has 1 aromatic rings. The van der Waals surface area contributed by atoms with Crippen LogP contribution in [-0.4, -0.2) is 17.9 Å². The van der Waals surface area contributed by atoms with E-state index in [2.05, 4.69) is 0 Å². The summed E-state index contributed by atoms with van der Waals surface area (Å²) in [7, 11) is 0. The number of rotatable bonds is 4. The minimum Gasteiger partial charge on any atom is -0.463 e. The van der Waals surface area contributed by atoms with Crippen LogP contribution in [0.5, 0.6) is 0 Å². The van der Waals surface area contributed by atoms with Crippen LogP contribution in [0.2, 0.25) is 0 Å². The number of halogens is 2. The summed E-state index contributed by atoms with van der Waals surface area (Å²) in [5.41, 5.74) is -0.439. The van der Waals surface area contributed by atoms with E-state index in [1.165, 1.54) is 6.07 Å². The third-order valence-electron chi connectivity index (χ3n) is 1.92. The first kappa shape index (κ1) is 13.3. The SMILES string of the molecule is CC(C)OC(=O)CC(=O)c1cccc(F)c1F. The van der Waals surface area contributed by atoms with Gasteiger partial charge in [0, 0.05) is 0 Å². The monoisotopic (exact) mass is 242 g/mol. The average molecular weight is 242 g/mol. The molecule has 0 unspecified atom stereocenters. The van der Waals surface area contributed by atoms with Gasteiger partial charge in [0.05, 0.1) is 11.7 Å². The maximum absolute atomic E-state index is 13.2. The van der Waals surface area contributed by atoms with Gasteiger partial charge in [-0.15, -0.1) is 0 Å². The smallest absolute Gasteiger partial charge is 0.313 e. The third kappa shape index (κ3) is 3.62. The highest BCUT2D eigenvalue weighted by Gasteiger charge is 2.19. The molecule has 0 radical (unpaired) electrons. The van der Waals surface area contributed by atoms with Gasteiger partial charge >= 0.3 is 5.97 Å². The number of carbonyl (C=O) groups is 2. The molecule has 0 aromatic heterocycles. The van der Waals surface area contributed by atoms with Crippen LogP contribution in [0.15, 0.2) is 18.2 Å². The lowest BCUT2D eigenvalue weighted by atomic mass is 10.1. The van der Waals surface area contributed by atoms with Gasteiger partial charge in [-0.05, 0) is 26.0 Å². The molecule has 0 spiro atoms. The van der Waals surface area contributed by atoms with Crippen LogP contribution in [0.4, 0.5) is 8.78 Å². The van der Waals surface area contributed by atoms with Gasteiger partial charge in [0.1, 0.15) is 6.42 Å². The lowest BCUT2D eigenvalue weighted by Gasteiger charge is -2.07. The molecule has 0 aliphatic rings. The Hall–Kier alpha value is -1.78. The summed E-state index contributed by atoms with van der Waals surface area (Å²) < 4.78 is 30.8. The summed E-state index contributed by atoms with van der Waals surface area (Å²) in [5, 5.41) is 0. The van der Waals surface area contributed by atoms with Crippen molar-refractivity contribution in [2.45, 2.75) is 26.4 Å². The molecule has 0 saturated carbocycles. The molecule has 0 aliphatic carbocycles. The molecule has 0 saturated heterocycles. The third-order valence-corrected chi connectivity index (χ3v) is 1.92. The van der Waals surface area contributed by atoms with Crippen molar-refractivity contribution in [1.29, 1.82) is 0 Å². The Kier molecular flexibility index (Phi) is 4.31. The zero-order valence-corrected chi connectivity index (χ0v) is 9.50. The molecule has 0 amide bonds. The predicted octanol–water partition coefficient (Wildman–Crippen LogP) is 2.49. The van der Waals surface area contributed by atoms with Crippen LogP contribution in [0.1, 0.15) is 30.6 Å². The standard InChI is InChI=1S/C12H12F2O3/c1-7(2)17-11(16)6-10(15)8-4-3-5-9(13)12(8)14/h3-5,7H,6H2,1-2H3. The maximum atomic E-state index is 13.2. The predicted molar refractivity (Wildman–Crippen MR) is 56.5 cm³/mol. The number of ether oxygens (including phenoxy) is 1. The molecular formula is C12H12F2O3. The maximum Gasteiger partial charge on any atom is 0.313 e. The van der Waals surface area contributed by atoms with Crippen molar-refractivity contribution in [3.05, 3.63) is 35.4 Å². The van der Waals surface area contributed by atoms with Crippen LogP contribution in [-0.2, 0) is 9.53 Å². The number of Topliss-reactive ketones (excluding diaryl/α,β-unsaturated/α-hetero) is 1. The number of carbonyl (C=O) groups excluding carboxylic acids is 2. The molecule has 0 heterocycles. The molecular weight excluding hydrogens is 230 g/mol. The van der Waals surface area contributed by atoms with Crippen molar-refractivity contribution in [3.63, 3.8) is 0 Å². The second-order valence-corrected chi connectivity index (χ2v) is 3.74. The van der Waals surface area contributed by atoms with Gasteiger partial charge in [0.25, 0.3) is 0 Å². The lowest BCUT2D eigenvalue weighted by molar-refractivity contribution is -0.146. The Morgan fingerprint density at radius 1 is 1.29 bits per heavy atom. The average Bonchev–Trinajstić information content (AvgIpc) is 2.20. The summed E-state index contributed by atoms with van der Waals surface area (Å²) in [6.45, 7) is 3.26. The molecule has 1 aromatic carbocycles. The van der Waals surface area contributed by atoms with Crippen LogP contribution < -0.4 is 0 Å². The Labute approximate surface area is 97.4 Å². The van der Waals surface area contributed by atoms with E-state index >= 15 is 0 Å². The van der Waals surface area contributed by atoms with Crippen molar-refractivity contribution in [2.24, 2.45) is 0 Å². The zero-order valence-electron chi connectivity index (χ0n) is 9.50. The van der Waals surface area contributed by atoms with Crippen LogP contribution in [0, 0.1) is 11.6 Å². The van der Waals surface area contributed by atoms with Crippen molar-refractivity contribution < 1.29 is 23.1 Å². The molecule has 3 nitrogen and oxygen atoms in total. The van der Waals surface area contributed by atoms with E-state index in [1.54, 1.807) is 13.8 Å². The normalized spacial score (nSPS) is 10.4. The Bertz CT molecular complexity index is 441. The number of ketones is 1. The molecule has 17 heavy (non-hydrogen) atoms. The van der Waals surface area contributed by atoms with E-state index in [9.17, 15) is 18.4 Å². The quantitative estimate of drug-likeness (QED) is 0.463. The van der Waals surface area contributed by atoms with E-state index in [-0.39, 0.29) is 6.10 Å². The first-order valence-electron chi connectivity index (χ1n) is 5.08. The fourth-order valence-electron chi connectivity index (χ4n) is 1.25. The highest BCUT2D eigenvalue weighted by molar-refractivity contribution is 6.06. The first-order valence-corrected chi connectivity index (χ1v) is 5.08. The second kappa shape index (κ2) is 5.52. The number of benzene rings is 1. The van der Waals surface area contributed by atoms with Crippen LogP contribution in [0.25, 0.3) is 0 Å². The van der Waals surface area contributed by atoms with Crippen molar-refractivity contribution in [3.8, 4) is 0 Å². The highest BCUT2D eigenvalue weighted by Crippen LogP contribution is 2.13. The fraction of sp³-hybridized carbons (Fsp3) is 0.333. The largest absolute Gasteiger partial charge is 0.463 e. The van der Waals surface area contributed by atoms with E-state index < -0.39 is 35.4 Å². The zero-order chi connectivity index (χ0) is 13.0.